The summed E-state index contributed by atoms with van der Waals surface area (Å²) in [7, 11) is -3.90. The van der Waals surface area contributed by atoms with E-state index in [1.54, 1.807) is 32.0 Å². The number of carboxylic acid groups (broad SMARTS) is 1. The van der Waals surface area contributed by atoms with Gasteiger partial charge in [0.15, 0.2) is 0 Å². The number of carbonyl (C=O) groups is 6. The van der Waals surface area contributed by atoms with Crippen LogP contribution < -0.4 is 16.0 Å². The summed E-state index contributed by atoms with van der Waals surface area (Å²) in [6.45, 7) is 2.83. The summed E-state index contributed by atoms with van der Waals surface area (Å²) in [5.74, 6) is -2.53. The number of nitrogens with one attached hydrogen (secondary N) is 3. The number of amides is 8. The lowest BCUT2D eigenvalue weighted by Gasteiger charge is -2.44. The minimum atomic E-state index is -3.90. The summed E-state index contributed by atoms with van der Waals surface area (Å²) in [5, 5.41) is 15.8. The maximum Gasteiger partial charge on any atom is 0.341 e. The highest BCUT2D eigenvalue weighted by Gasteiger charge is 2.64. The molecule has 1 aromatic carbocycles. The zero-order chi connectivity index (χ0) is 28.9. The van der Waals surface area contributed by atoms with Crippen molar-refractivity contribution in [3.63, 3.8) is 0 Å². The van der Waals surface area contributed by atoms with Gasteiger partial charge in [-0.3, -0.25) is 14.9 Å². The minimum absolute atomic E-state index is 0.271. The van der Waals surface area contributed by atoms with Gasteiger partial charge in [-0.25, -0.2) is 36.8 Å². The standard InChI is InChI=1S/C22H26N6O9S2/c1-22(2)14(18(31)32)28-16(30)13(17(28)38-22)23-15(29)12(11-7-5-4-6-8-11)24-19(33)25-20(34)26-9-10-27(21(26)35)39(3,36)37/h4-8,12-14,17H,9-10H2,1-3H3,(H,23,29)(H,31,32)(H2,24,25,33,34)/t12-,13-,14+,17-/m1/s1. The van der Waals surface area contributed by atoms with Crippen molar-refractivity contribution in [1.29, 1.82) is 0 Å². The lowest BCUT2D eigenvalue weighted by molar-refractivity contribution is -0.161. The third-order valence-electron chi connectivity index (χ3n) is 6.48. The molecule has 3 fully saturated rings. The number of thioether (sulfide) groups is 1. The Balaban J connectivity index is 1.45. The number of imide groups is 2. The number of β-lactam (4-membered cyclic amide) rings is 1. The van der Waals surface area contributed by atoms with Crippen LogP contribution in [0.5, 0.6) is 0 Å². The Bertz CT molecular complexity index is 1350. The van der Waals surface area contributed by atoms with Gasteiger partial charge in [-0.1, -0.05) is 30.3 Å². The number of rotatable bonds is 6. The van der Waals surface area contributed by atoms with Crippen molar-refractivity contribution < 1.29 is 42.3 Å². The molecule has 3 aliphatic heterocycles. The third kappa shape index (κ3) is 5.23. The van der Waals surface area contributed by atoms with Gasteiger partial charge in [-0.05, 0) is 19.4 Å². The second kappa shape index (κ2) is 10.0. The highest BCUT2D eigenvalue weighted by atomic mass is 32.2. The molecule has 3 heterocycles. The van der Waals surface area contributed by atoms with Crippen LogP contribution in [0.2, 0.25) is 0 Å². The van der Waals surface area contributed by atoms with Gasteiger partial charge in [0.25, 0.3) is 0 Å². The van der Waals surface area contributed by atoms with Crippen LogP contribution in [0, 0.1) is 0 Å². The number of carboxylic acids is 1. The molecular weight excluding hydrogens is 556 g/mol. The van der Waals surface area contributed by atoms with E-state index >= 15 is 0 Å². The number of benzene rings is 1. The van der Waals surface area contributed by atoms with E-state index in [9.17, 15) is 42.3 Å². The van der Waals surface area contributed by atoms with Gasteiger partial charge in [-0.2, -0.15) is 0 Å². The van der Waals surface area contributed by atoms with E-state index in [0.29, 0.717) is 14.8 Å². The molecule has 210 valence electrons. The largest absolute Gasteiger partial charge is 0.480 e. The summed E-state index contributed by atoms with van der Waals surface area (Å²) < 4.78 is 23.0. The number of carbonyl (C=O) groups excluding carboxylic acids is 5. The van der Waals surface area contributed by atoms with Gasteiger partial charge < -0.3 is 20.6 Å². The molecule has 0 aliphatic carbocycles. The van der Waals surface area contributed by atoms with Crippen molar-refractivity contribution in [3.05, 3.63) is 35.9 Å². The maximum atomic E-state index is 13.3. The van der Waals surface area contributed by atoms with E-state index in [1.807, 2.05) is 5.32 Å². The summed E-state index contributed by atoms with van der Waals surface area (Å²) in [6.07, 6.45) is 0.807. The molecule has 0 saturated carbocycles. The molecule has 4 rings (SSSR count). The molecule has 4 N–H and O–H groups in total. The van der Waals surface area contributed by atoms with Crippen LogP contribution in [0.4, 0.5) is 14.4 Å². The summed E-state index contributed by atoms with van der Waals surface area (Å²) in [5.41, 5.74) is 0.310. The van der Waals surface area contributed by atoms with Crippen molar-refractivity contribution >= 4 is 57.7 Å². The van der Waals surface area contributed by atoms with Crippen molar-refractivity contribution in [2.45, 2.75) is 42.1 Å². The molecule has 1 aromatic rings. The average Bonchev–Trinajstić information content (AvgIpc) is 3.36. The summed E-state index contributed by atoms with van der Waals surface area (Å²) in [4.78, 5) is 77.0. The van der Waals surface area contributed by atoms with Crippen molar-refractivity contribution in [2.24, 2.45) is 0 Å². The second-order valence-electron chi connectivity index (χ2n) is 9.60. The van der Waals surface area contributed by atoms with E-state index in [4.69, 9.17) is 0 Å². The maximum absolute atomic E-state index is 13.3. The van der Waals surface area contributed by atoms with Crippen LogP contribution in [0.1, 0.15) is 25.5 Å². The molecule has 0 radical (unpaired) electrons. The monoisotopic (exact) mass is 582 g/mol. The normalized spacial score (nSPS) is 24.5. The number of hydrogen-bond donors (Lipinski definition) is 4. The second-order valence-corrected chi connectivity index (χ2v) is 13.3. The predicted molar refractivity (Wildman–Crippen MR) is 136 cm³/mol. The van der Waals surface area contributed by atoms with Crippen LogP contribution in [-0.4, -0.2) is 105 Å². The minimum Gasteiger partial charge on any atom is -0.480 e. The molecule has 8 amide bonds. The molecule has 0 spiro atoms. The molecule has 0 unspecified atom stereocenters. The summed E-state index contributed by atoms with van der Waals surface area (Å²) in [6, 6.07) is 0.994. The third-order valence-corrected chi connectivity index (χ3v) is 9.19. The SMILES string of the molecule is CC1(C)S[C@@H]2[C@H](NC(=O)[C@H](NC(=O)NC(=O)N3CCN(S(C)(=O)=O)C3=O)c3ccccc3)C(=O)N2[C@H]1C(=O)O. The number of nitrogens with zero attached hydrogens (tertiary/aromatic N) is 3. The van der Waals surface area contributed by atoms with Gasteiger partial charge in [0.05, 0.1) is 19.3 Å². The number of fused-ring (bicyclic) bond motifs is 1. The van der Waals surface area contributed by atoms with E-state index in [-0.39, 0.29) is 13.1 Å². The van der Waals surface area contributed by atoms with Crippen LogP contribution in [-0.2, 0) is 24.4 Å². The molecule has 17 heteroatoms. The fourth-order valence-corrected chi connectivity index (χ4v) is 7.09. The van der Waals surface area contributed by atoms with Crippen LogP contribution in [0.3, 0.4) is 0 Å². The Morgan fingerprint density at radius 3 is 2.31 bits per heavy atom. The smallest absolute Gasteiger partial charge is 0.341 e. The Kier molecular flexibility index (Phi) is 7.24. The Hall–Kier alpha value is -3.86. The lowest BCUT2D eigenvalue weighted by Crippen LogP contribution is -2.71. The zero-order valence-corrected chi connectivity index (χ0v) is 22.6. The average molecular weight is 583 g/mol. The molecule has 15 nitrogen and oxygen atoms in total. The number of hydrogen-bond acceptors (Lipinski definition) is 9. The van der Waals surface area contributed by atoms with E-state index in [2.05, 4.69) is 10.6 Å². The number of sulfonamides is 1. The summed E-state index contributed by atoms with van der Waals surface area (Å²) >= 11 is 1.23. The Morgan fingerprint density at radius 2 is 1.74 bits per heavy atom. The quantitative estimate of drug-likeness (QED) is 0.316. The van der Waals surface area contributed by atoms with Crippen molar-refractivity contribution in [1.82, 2.24) is 30.1 Å². The van der Waals surface area contributed by atoms with Crippen molar-refractivity contribution in [2.75, 3.05) is 19.3 Å². The first kappa shape index (κ1) is 28.2. The highest BCUT2D eigenvalue weighted by Crippen LogP contribution is 2.50. The molecule has 39 heavy (non-hydrogen) atoms. The van der Waals surface area contributed by atoms with Gasteiger partial charge in [0.1, 0.15) is 23.5 Å². The first-order valence-electron chi connectivity index (χ1n) is 11.6. The molecule has 4 atom stereocenters. The van der Waals surface area contributed by atoms with E-state index in [0.717, 1.165) is 6.26 Å². The predicted octanol–water partition coefficient (Wildman–Crippen LogP) is -0.524. The number of urea groups is 3. The van der Waals surface area contributed by atoms with Gasteiger partial charge in [0.2, 0.25) is 21.8 Å². The first-order valence-corrected chi connectivity index (χ1v) is 14.3. The van der Waals surface area contributed by atoms with E-state index < -0.39 is 74.1 Å². The highest BCUT2D eigenvalue weighted by molar-refractivity contribution is 8.01. The Labute approximate surface area is 227 Å². The van der Waals surface area contributed by atoms with Crippen LogP contribution in [0.15, 0.2) is 30.3 Å². The van der Waals surface area contributed by atoms with E-state index in [1.165, 1.54) is 28.8 Å². The fourth-order valence-electron chi connectivity index (χ4n) is 4.67. The lowest BCUT2D eigenvalue weighted by atomic mass is 9.95. The topological polar surface area (TPSA) is 203 Å². The van der Waals surface area contributed by atoms with Crippen molar-refractivity contribution in [3.8, 4) is 0 Å². The molecular formula is C22H26N6O9S2. The van der Waals surface area contributed by atoms with Crippen LogP contribution in [0.25, 0.3) is 0 Å². The van der Waals surface area contributed by atoms with Gasteiger partial charge >= 0.3 is 24.1 Å². The number of aliphatic carboxylic acids is 1. The molecule has 0 bridgehead atoms. The van der Waals surface area contributed by atoms with Gasteiger partial charge in [-0.15, -0.1) is 11.8 Å². The Morgan fingerprint density at radius 1 is 1.10 bits per heavy atom. The van der Waals surface area contributed by atoms with Crippen LogP contribution >= 0.6 is 11.8 Å². The molecule has 0 aromatic heterocycles. The first-order chi connectivity index (χ1) is 18.1. The zero-order valence-electron chi connectivity index (χ0n) is 21.0. The fraction of sp³-hybridized carbons (Fsp3) is 0.455. The molecule has 3 saturated heterocycles. The van der Waals surface area contributed by atoms with Gasteiger partial charge in [0, 0.05) is 4.75 Å². The molecule has 3 aliphatic rings.